The molecule has 1 atom stereocenters. The molecule has 1 aromatic heterocycles. The van der Waals surface area contributed by atoms with Crippen LogP contribution in [-0.4, -0.2) is 49.5 Å². The van der Waals surface area contributed by atoms with E-state index in [-0.39, 0.29) is 11.6 Å². The minimum absolute atomic E-state index is 0.185. The Hall–Kier alpha value is -1.63. The second kappa shape index (κ2) is 4.70. The van der Waals surface area contributed by atoms with E-state index in [4.69, 9.17) is 5.11 Å². The van der Waals surface area contributed by atoms with E-state index in [0.717, 1.165) is 0 Å². The van der Waals surface area contributed by atoms with Crippen molar-refractivity contribution in [2.45, 2.75) is 13.0 Å². The molecule has 7 heteroatoms. The van der Waals surface area contributed by atoms with Crippen LogP contribution in [0.3, 0.4) is 0 Å². The normalized spacial score (nSPS) is 19.4. The van der Waals surface area contributed by atoms with Crippen molar-refractivity contribution in [3.8, 4) is 0 Å². The Morgan fingerprint density at radius 2 is 2.24 bits per heavy atom. The summed E-state index contributed by atoms with van der Waals surface area (Å²) in [5.74, 6) is -0.565. The molecule has 1 aliphatic rings. The van der Waals surface area contributed by atoms with Crippen LogP contribution in [0.1, 0.15) is 16.2 Å². The van der Waals surface area contributed by atoms with E-state index in [0.29, 0.717) is 17.3 Å². The van der Waals surface area contributed by atoms with Gasteiger partial charge in [-0.25, -0.2) is 9.78 Å². The molecule has 2 rings (SSSR count). The average Bonchev–Trinajstić information content (AvgIpc) is 2.78. The van der Waals surface area contributed by atoms with Crippen LogP contribution in [0, 0.1) is 6.92 Å². The Labute approximate surface area is 102 Å². The summed E-state index contributed by atoms with van der Waals surface area (Å²) < 4.78 is 0. The van der Waals surface area contributed by atoms with Crippen LogP contribution < -0.4 is 0 Å². The second-order valence-corrected chi connectivity index (χ2v) is 4.67. The van der Waals surface area contributed by atoms with Gasteiger partial charge in [0.25, 0.3) is 5.91 Å². The van der Waals surface area contributed by atoms with Gasteiger partial charge in [-0.3, -0.25) is 9.78 Å². The standard InChI is InChI=1S/C10H11N3O3S/c1-6-2-12-7(3-11-6)9(14)13-5-17-4-8(13)10(15)16/h2-3,8H,4-5H2,1H3,(H,15,16)/t8-/m0/s1. The number of aromatic nitrogens is 2. The summed E-state index contributed by atoms with van der Waals surface area (Å²) >= 11 is 1.42. The van der Waals surface area contributed by atoms with Gasteiger partial charge in [0.1, 0.15) is 11.7 Å². The van der Waals surface area contributed by atoms with Gasteiger partial charge in [0, 0.05) is 11.9 Å². The third kappa shape index (κ3) is 2.38. The highest BCUT2D eigenvalue weighted by atomic mass is 32.2. The molecule has 0 saturated carbocycles. The van der Waals surface area contributed by atoms with E-state index in [1.807, 2.05) is 0 Å². The molecule has 2 heterocycles. The van der Waals surface area contributed by atoms with Gasteiger partial charge < -0.3 is 10.0 Å². The van der Waals surface area contributed by atoms with Gasteiger partial charge in [-0.15, -0.1) is 11.8 Å². The van der Waals surface area contributed by atoms with Crippen LogP contribution in [-0.2, 0) is 4.79 Å². The molecule has 6 nitrogen and oxygen atoms in total. The van der Waals surface area contributed by atoms with Crippen molar-refractivity contribution < 1.29 is 14.7 Å². The highest BCUT2D eigenvalue weighted by Gasteiger charge is 2.35. The van der Waals surface area contributed by atoms with Crippen molar-refractivity contribution in [2.75, 3.05) is 11.6 Å². The summed E-state index contributed by atoms with van der Waals surface area (Å²) in [6, 6.07) is -0.768. The van der Waals surface area contributed by atoms with Crippen molar-refractivity contribution in [2.24, 2.45) is 0 Å². The summed E-state index contributed by atoms with van der Waals surface area (Å²) in [5.41, 5.74) is 0.900. The third-order valence-corrected chi connectivity index (χ3v) is 3.44. The lowest BCUT2D eigenvalue weighted by molar-refractivity contribution is -0.140. The number of aryl methyl sites for hydroxylation is 1. The zero-order valence-corrected chi connectivity index (χ0v) is 9.98. The fourth-order valence-corrected chi connectivity index (χ4v) is 2.64. The number of rotatable bonds is 2. The quantitative estimate of drug-likeness (QED) is 0.820. The van der Waals surface area contributed by atoms with Crippen molar-refractivity contribution >= 4 is 23.6 Å². The lowest BCUT2D eigenvalue weighted by atomic mass is 10.2. The first-order valence-electron chi connectivity index (χ1n) is 5.00. The Bertz CT molecular complexity index is 449. The number of thioether (sulfide) groups is 1. The molecule has 1 aliphatic heterocycles. The predicted octanol–water partition coefficient (Wildman–Crippen LogP) is 0.385. The maximum atomic E-state index is 12.0. The molecule has 1 amide bonds. The summed E-state index contributed by atoms with van der Waals surface area (Å²) in [5, 5.41) is 8.98. The summed E-state index contributed by atoms with van der Waals surface area (Å²) in [6.07, 6.45) is 2.87. The number of hydrogen-bond donors (Lipinski definition) is 1. The predicted molar refractivity (Wildman–Crippen MR) is 61.7 cm³/mol. The zero-order valence-electron chi connectivity index (χ0n) is 9.16. The number of hydrogen-bond acceptors (Lipinski definition) is 5. The van der Waals surface area contributed by atoms with Crippen LogP contribution in [0.2, 0.25) is 0 Å². The van der Waals surface area contributed by atoms with Gasteiger partial charge in [-0.1, -0.05) is 0 Å². The van der Waals surface area contributed by atoms with Crippen molar-refractivity contribution in [3.05, 3.63) is 23.8 Å². The molecule has 17 heavy (non-hydrogen) atoms. The topological polar surface area (TPSA) is 83.4 Å². The molecule has 0 unspecified atom stereocenters. The van der Waals surface area contributed by atoms with Crippen molar-refractivity contribution in [1.29, 1.82) is 0 Å². The Morgan fingerprint density at radius 1 is 1.47 bits per heavy atom. The maximum Gasteiger partial charge on any atom is 0.327 e. The molecule has 90 valence electrons. The van der Waals surface area contributed by atoms with E-state index in [9.17, 15) is 9.59 Å². The minimum atomic E-state index is -0.983. The number of carbonyl (C=O) groups is 2. The van der Waals surface area contributed by atoms with Gasteiger partial charge in [-0.2, -0.15) is 0 Å². The van der Waals surface area contributed by atoms with Gasteiger partial charge in [0.2, 0.25) is 0 Å². The van der Waals surface area contributed by atoms with Crippen LogP contribution in [0.4, 0.5) is 0 Å². The fraction of sp³-hybridized carbons (Fsp3) is 0.400. The highest BCUT2D eigenvalue weighted by Crippen LogP contribution is 2.22. The fourth-order valence-electron chi connectivity index (χ4n) is 1.50. The van der Waals surface area contributed by atoms with Crippen molar-refractivity contribution in [1.82, 2.24) is 14.9 Å². The third-order valence-electron chi connectivity index (χ3n) is 2.43. The van der Waals surface area contributed by atoms with Gasteiger partial charge in [0.05, 0.1) is 17.8 Å². The summed E-state index contributed by atoms with van der Waals surface area (Å²) in [4.78, 5) is 32.2. The molecule has 1 fully saturated rings. The van der Waals surface area contributed by atoms with Crippen molar-refractivity contribution in [3.63, 3.8) is 0 Å². The summed E-state index contributed by atoms with van der Waals surface area (Å²) in [6.45, 7) is 1.77. The Balaban J connectivity index is 2.19. The van der Waals surface area contributed by atoms with E-state index in [1.165, 1.54) is 29.1 Å². The smallest absolute Gasteiger partial charge is 0.327 e. The molecule has 0 spiro atoms. The second-order valence-electron chi connectivity index (χ2n) is 3.67. The molecule has 0 aliphatic carbocycles. The maximum absolute atomic E-state index is 12.0. The van der Waals surface area contributed by atoms with E-state index < -0.39 is 12.0 Å². The highest BCUT2D eigenvalue weighted by molar-refractivity contribution is 7.99. The largest absolute Gasteiger partial charge is 0.480 e. The monoisotopic (exact) mass is 253 g/mol. The number of amides is 1. The Kier molecular flexibility index (Phi) is 3.28. The lowest BCUT2D eigenvalue weighted by Crippen LogP contribution is -2.42. The van der Waals surface area contributed by atoms with Gasteiger partial charge >= 0.3 is 5.97 Å². The van der Waals surface area contributed by atoms with E-state index in [2.05, 4.69) is 9.97 Å². The van der Waals surface area contributed by atoms with E-state index >= 15 is 0 Å². The van der Waals surface area contributed by atoms with Crippen LogP contribution in [0.15, 0.2) is 12.4 Å². The molecule has 1 saturated heterocycles. The zero-order chi connectivity index (χ0) is 12.4. The number of nitrogens with zero attached hydrogens (tertiary/aromatic N) is 3. The lowest BCUT2D eigenvalue weighted by Gasteiger charge is -2.19. The van der Waals surface area contributed by atoms with E-state index in [1.54, 1.807) is 6.92 Å². The van der Waals surface area contributed by atoms with Gasteiger partial charge in [0.15, 0.2) is 0 Å². The molecular formula is C10H11N3O3S. The number of carboxylic acids is 1. The summed E-state index contributed by atoms with van der Waals surface area (Å²) in [7, 11) is 0. The first kappa shape index (κ1) is 11.8. The Morgan fingerprint density at radius 3 is 2.82 bits per heavy atom. The SMILES string of the molecule is Cc1cnc(C(=O)N2CSC[C@H]2C(=O)O)cn1. The molecule has 1 aromatic rings. The molecule has 0 radical (unpaired) electrons. The number of aliphatic carboxylic acids is 1. The molecule has 0 bridgehead atoms. The average molecular weight is 253 g/mol. The van der Waals surface area contributed by atoms with Crippen LogP contribution in [0.25, 0.3) is 0 Å². The minimum Gasteiger partial charge on any atom is -0.480 e. The van der Waals surface area contributed by atoms with Gasteiger partial charge in [-0.05, 0) is 6.92 Å². The number of carbonyl (C=O) groups excluding carboxylic acids is 1. The molecule has 1 N–H and O–H groups in total. The first-order chi connectivity index (χ1) is 8.09. The molecule has 0 aromatic carbocycles. The first-order valence-corrected chi connectivity index (χ1v) is 6.15. The van der Waals surface area contributed by atoms with Crippen LogP contribution >= 0.6 is 11.8 Å². The van der Waals surface area contributed by atoms with Crippen LogP contribution in [0.5, 0.6) is 0 Å². The molecular weight excluding hydrogens is 242 g/mol. The number of carboxylic acid groups (broad SMARTS) is 1.